The van der Waals surface area contributed by atoms with E-state index < -0.39 is 40.2 Å². The maximum absolute atomic E-state index is 12.3. The van der Waals surface area contributed by atoms with Crippen molar-refractivity contribution in [1.29, 1.82) is 0 Å². The van der Waals surface area contributed by atoms with Crippen LogP contribution < -0.4 is 5.32 Å². The van der Waals surface area contributed by atoms with E-state index in [4.69, 9.17) is 0 Å². The van der Waals surface area contributed by atoms with Gasteiger partial charge in [0.15, 0.2) is 0 Å². The van der Waals surface area contributed by atoms with Gasteiger partial charge in [-0.1, -0.05) is 6.92 Å². The van der Waals surface area contributed by atoms with Crippen molar-refractivity contribution in [3.63, 3.8) is 0 Å². The van der Waals surface area contributed by atoms with Gasteiger partial charge < -0.3 is 0 Å². The van der Waals surface area contributed by atoms with Crippen LogP contribution in [0.4, 0.5) is 8.78 Å². The SMILES string of the molecule is CCC1C(=O)NC(=O)CN1S(=O)(=O)C(F)F. The number of nitrogens with one attached hydrogen (secondary N) is 1. The molecule has 0 aromatic rings. The first kappa shape index (κ1) is 13.0. The van der Waals surface area contributed by atoms with E-state index >= 15 is 0 Å². The molecule has 1 saturated heterocycles. The smallest absolute Gasteiger partial charge is 0.294 e. The Bertz CT molecular complexity index is 409. The predicted octanol–water partition coefficient (Wildman–Crippen LogP) is -0.724. The van der Waals surface area contributed by atoms with Gasteiger partial charge in [0.25, 0.3) is 10.0 Å². The predicted molar refractivity (Wildman–Crippen MR) is 48.9 cm³/mol. The van der Waals surface area contributed by atoms with E-state index in [1.54, 1.807) is 0 Å². The van der Waals surface area contributed by atoms with Crippen LogP contribution in [0.25, 0.3) is 0 Å². The number of carbonyl (C=O) groups is 2. The molecule has 1 aliphatic heterocycles. The average Bonchev–Trinajstić information content (AvgIpc) is 2.16. The number of sulfonamides is 1. The largest absolute Gasteiger partial charge is 0.350 e. The molecule has 1 rings (SSSR count). The Balaban J connectivity index is 3.09. The molecule has 0 spiro atoms. The Labute approximate surface area is 90.6 Å². The summed E-state index contributed by atoms with van der Waals surface area (Å²) in [5, 5.41) is 1.89. The Morgan fingerprint density at radius 1 is 1.50 bits per heavy atom. The first-order chi connectivity index (χ1) is 7.30. The third-order valence-electron chi connectivity index (χ3n) is 2.15. The number of piperazine rings is 1. The monoisotopic (exact) mass is 256 g/mol. The molecule has 0 saturated carbocycles. The molecule has 0 aliphatic carbocycles. The van der Waals surface area contributed by atoms with E-state index in [0.717, 1.165) is 0 Å². The zero-order valence-electron chi connectivity index (χ0n) is 8.31. The van der Waals surface area contributed by atoms with Crippen LogP contribution in [0.1, 0.15) is 13.3 Å². The van der Waals surface area contributed by atoms with Crippen molar-refractivity contribution in [2.45, 2.75) is 25.1 Å². The summed E-state index contributed by atoms with van der Waals surface area (Å²) in [4.78, 5) is 22.2. The molecular weight excluding hydrogens is 246 g/mol. The molecule has 1 N–H and O–H groups in total. The third kappa shape index (κ3) is 2.19. The number of alkyl halides is 2. The number of amides is 2. The number of rotatable bonds is 3. The summed E-state index contributed by atoms with van der Waals surface area (Å²) in [5.41, 5.74) is 0. The highest BCUT2D eigenvalue weighted by Gasteiger charge is 2.43. The van der Waals surface area contributed by atoms with E-state index in [0.29, 0.717) is 0 Å². The molecule has 9 heteroatoms. The molecule has 0 bridgehead atoms. The highest BCUT2D eigenvalue weighted by atomic mass is 32.2. The van der Waals surface area contributed by atoms with Gasteiger partial charge in [0.1, 0.15) is 6.04 Å². The quantitative estimate of drug-likeness (QED) is 0.675. The number of imide groups is 1. The lowest BCUT2D eigenvalue weighted by Crippen LogP contribution is -2.60. The van der Waals surface area contributed by atoms with E-state index in [1.807, 2.05) is 5.32 Å². The number of nitrogens with zero attached hydrogens (tertiary/aromatic N) is 1. The second-order valence-corrected chi connectivity index (χ2v) is 5.04. The Hall–Kier alpha value is -1.09. The minimum atomic E-state index is -4.91. The second-order valence-electron chi connectivity index (χ2n) is 3.19. The fourth-order valence-electron chi connectivity index (χ4n) is 1.40. The maximum Gasteiger partial charge on any atom is 0.350 e. The first-order valence-corrected chi connectivity index (χ1v) is 5.93. The average molecular weight is 256 g/mol. The number of halogens is 2. The van der Waals surface area contributed by atoms with Crippen molar-refractivity contribution >= 4 is 21.8 Å². The molecule has 0 aromatic carbocycles. The summed E-state index contributed by atoms with van der Waals surface area (Å²) in [6.07, 6.45) is 0.0189. The Morgan fingerprint density at radius 2 is 2.06 bits per heavy atom. The standard InChI is InChI=1S/C7H10F2N2O4S/c1-2-4-6(13)10-5(12)3-11(4)16(14,15)7(8)9/h4,7H,2-3H2,1H3,(H,10,12,13). The first-order valence-electron chi connectivity index (χ1n) is 4.43. The Morgan fingerprint density at radius 3 is 2.50 bits per heavy atom. The summed E-state index contributed by atoms with van der Waals surface area (Å²) in [6.45, 7) is 0.713. The molecule has 92 valence electrons. The summed E-state index contributed by atoms with van der Waals surface area (Å²) in [7, 11) is -4.91. The molecule has 2 amide bonds. The van der Waals surface area contributed by atoms with Gasteiger partial charge in [0, 0.05) is 0 Å². The van der Waals surface area contributed by atoms with Crippen molar-refractivity contribution in [1.82, 2.24) is 9.62 Å². The number of hydrogen-bond acceptors (Lipinski definition) is 4. The van der Waals surface area contributed by atoms with Gasteiger partial charge in [-0.3, -0.25) is 14.9 Å². The van der Waals surface area contributed by atoms with Gasteiger partial charge in [-0.15, -0.1) is 0 Å². The van der Waals surface area contributed by atoms with Gasteiger partial charge in [0.05, 0.1) is 6.54 Å². The van der Waals surface area contributed by atoms with Crippen LogP contribution in [0.3, 0.4) is 0 Å². The van der Waals surface area contributed by atoms with Gasteiger partial charge in [0.2, 0.25) is 11.8 Å². The second kappa shape index (κ2) is 4.42. The van der Waals surface area contributed by atoms with Crippen molar-refractivity contribution in [2.75, 3.05) is 6.54 Å². The number of carbonyl (C=O) groups excluding carboxylic acids is 2. The molecule has 6 nitrogen and oxygen atoms in total. The van der Waals surface area contributed by atoms with Crippen molar-refractivity contribution in [3.05, 3.63) is 0 Å². The van der Waals surface area contributed by atoms with E-state index in [9.17, 15) is 26.8 Å². The van der Waals surface area contributed by atoms with Gasteiger partial charge in [-0.05, 0) is 6.42 Å². The Kier molecular flexibility index (Phi) is 3.58. The lowest BCUT2D eigenvalue weighted by molar-refractivity contribution is -0.137. The highest BCUT2D eigenvalue weighted by molar-refractivity contribution is 7.89. The maximum atomic E-state index is 12.3. The van der Waals surface area contributed by atoms with Crippen LogP contribution in [-0.4, -0.2) is 42.9 Å². The highest BCUT2D eigenvalue weighted by Crippen LogP contribution is 2.19. The molecular formula is C7H10F2N2O4S. The zero-order chi connectivity index (χ0) is 12.5. The minimum Gasteiger partial charge on any atom is -0.294 e. The molecule has 1 fully saturated rings. The van der Waals surface area contributed by atoms with Gasteiger partial charge in [-0.25, -0.2) is 8.42 Å². The van der Waals surface area contributed by atoms with E-state index in [1.165, 1.54) is 6.92 Å². The molecule has 1 unspecified atom stereocenters. The number of hydrogen-bond donors (Lipinski definition) is 1. The van der Waals surface area contributed by atoms with Crippen molar-refractivity contribution < 1.29 is 26.8 Å². The zero-order valence-corrected chi connectivity index (χ0v) is 9.13. The fraction of sp³-hybridized carbons (Fsp3) is 0.714. The molecule has 16 heavy (non-hydrogen) atoms. The minimum absolute atomic E-state index is 0.0189. The van der Waals surface area contributed by atoms with Crippen molar-refractivity contribution in [2.24, 2.45) is 0 Å². The topological polar surface area (TPSA) is 83.6 Å². The van der Waals surface area contributed by atoms with Crippen LogP contribution in [0.2, 0.25) is 0 Å². The summed E-state index contributed by atoms with van der Waals surface area (Å²) < 4.78 is 47.2. The molecule has 0 aromatic heterocycles. The normalized spacial score (nSPS) is 23.6. The van der Waals surface area contributed by atoms with Crippen LogP contribution >= 0.6 is 0 Å². The van der Waals surface area contributed by atoms with Crippen LogP contribution in [0.5, 0.6) is 0 Å². The van der Waals surface area contributed by atoms with Crippen LogP contribution in [0, 0.1) is 0 Å². The van der Waals surface area contributed by atoms with Gasteiger partial charge >= 0.3 is 5.76 Å². The van der Waals surface area contributed by atoms with E-state index in [2.05, 4.69) is 0 Å². The fourth-order valence-corrected chi connectivity index (χ4v) is 2.50. The van der Waals surface area contributed by atoms with Crippen molar-refractivity contribution in [3.8, 4) is 0 Å². The molecule has 0 radical (unpaired) electrons. The lowest BCUT2D eigenvalue weighted by Gasteiger charge is -2.31. The van der Waals surface area contributed by atoms with E-state index in [-0.39, 0.29) is 10.7 Å². The summed E-state index contributed by atoms with van der Waals surface area (Å²) >= 11 is 0. The molecule has 1 atom stereocenters. The summed E-state index contributed by atoms with van der Waals surface area (Å²) in [6, 6.07) is -1.25. The van der Waals surface area contributed by atoms with Crippen LogP contribution in [-0.2, 0) is 19.6 Å². The summed E-state index contributed by atoms with van der Waals surface area (Å²) in [5.74, 6) is -5.41. The lowest BCUT2D eigenvalue weighted by atomic mass is 10.2. The van der Waals surface area contributed by atoms with Gasteiger partial charge in [-0.2, -0.15) is 13.1 Å². The van der Waals surface area contributed by atoms with Crippen LogP contribution in [0.15, 0.2) is 0 Å². The molecule has 1 aliphatic rings. The third-order valence-corrected chi connectivity index (χ3v) is 3.64. The molecule has 1 heterocycles.